The highest BCUT2D eigenvalue weighted by molar-refractivity contribution is 7.92. The number of imidazole rings is 2. The van der Waals surface area contributed by atoms with Crippen LogP contribution in [0.4, 0.5) is 9.59 Å². The van der Waals surface area contributed by atoms with Crippen molar-refractivity contribution in [3.8, 4) is 22.3 Å². The topological polar surface area (TPSA) is 190 Å². The smallest absolute Gasteiger partial charge is 0.421 e. The molecule has 0 fully saturated rings. The van der Waals surface area contributed by atoms with Gasteiger partial charge in [-0.2, -0.15) is 0 Å². The number of rotatable bonds is 18. The van der Waals surface area contributed by atoms with Gasteiger partial charge < -0.3 is 23.3 Å². The van der Waals surface area contributed by atoms with Gasteiger partial charge in [0, 0.05) is 65.9 Å². The molecule has 4 aromatic heterocycles. The second-order valence-corrected chi connectivity index (χ2v) is 21.0. The van der Waals surface area contributed by atoms with Gasteiger partial charge in [0.1, 0.15) is 15.0 Å². The molecule has 0 aliphatic carbocycles. The van der Waals surface area contributed by atoms with E-state index in [1.807, 2.05) is 91.6 Å². The zero-order chi connectivity index (χ0) is 44.9. The lowest BCUT2D eigenvalue weighted by Gasteiger charge is -2.09. The molecule has 6 aromatic rings. The van der Waals surface area contributed by atoms with Crippen LogP contribution in [0.5, 0.6) is 0 Å². The molecule has 2 aromatic carbocycles. The van der Waals surface area contributed by atoms with Crippen LogP contribution >= 0.6 is 22.7 Å². The average Bonchev–Trinajstić information content (AvgIpc) is 4.05. The Kier molecular flexibility index (Phi) is 17.0. The number of amides is 2. The van der Waals surface area contributed by atoms with Crippen LogP contribution < -0.4 is 9.44 Å². The van der Waals surface area contributed by atoms with E-state index >= 15 is 0 Å². The molecule has 62 heavy (non-hydrogen) atoms. The van der Waals surface area contributed by atoms with Crippen LogP contribution in [0.25, 0.3) is 22.3 Å². The molecule has 2 N–H and O–H groups in total. The van der Waals surface area contributed by atoms with Gasteiger partial charge >= 0.3 is 12.2 Å². The number of benzene rings is 2. The van der Waals surface area contributed by atoms with Gasteiger partial charge in [-0.25, -0.2) is 45.8 Å². The monoisotopic (exact) mass is 924 g/mol. The largest absolute Gasteiger partial charge is 0.449 e. The van der Waals surface area contributed by atoms with Gasteiger partial charge in [0.2, 0.25) is 0 Å². The Bertz CT molecular complexity index is 2570. The lowest BCUT2D eigenvalue weighted by atomic mass is 10.0. The molecule has 0 aliphatic rings. The molecule has 19 heteroatoms. The Balaban J connectivity index is 0.000000235. The molecule has 0 radical (unpaired) electrons. The highest BCUT2D eigenvalue weighted by Crippen LogP contribution is 2.38. The fourth-order valence-corrected chi connectivity index (χ4v) is 11.8. The third-order valence-electron chi connectivity index (χ3n) is 8.82. The van der Waals surface area contributed by atoms with Gasteiger partial charge in [-0.05, 0) is 66.0 Å². The number of nitrogens with one attached hydrogen (secondary N) is 2. The molecule has 0 aliphatic heterocycles. The molecule has 15 nitrogen and oxygen atoms in total. The molecular formula is C43H52N6O9S4. The summed E-state index contributed by atoms with van der Waals surface area (Å²) in [5.41, 5.74) is 4.83. The number of hydrogen-bond acceptors (Lipinski definition) is 13. The minimum atomic E-state index is -4.10. The molecule has 332 valence electrons. The summed E-state index contributed by atoms with van der Waals surface area (Å²) in [5, 5.41) is 0. The van der Waals surface area contributed by atoms with E-state index in [0.29, 0.717) is 36.1 Å². The molecule has 0 spiro atoms. The van der Waals surface area contributed by atoms with Crippen molar-refractivity contribution in [1.29, 1.82) is 0 Å². The molecule has 0 atom stereocenters. The zero-order valence-electron chi connectivity index (χ0n) is 35.4. The second-order valence-electron chi connectivity index (χ2n) is 14.9. The van der Waals surface area contributed by atoms with Gasteiger partial charge in [-0.15, -0.1) is 22.7 Å². The van der Waals surface area contributed by atoms with Crippen molar-refractivity contribution in [3.05, 3.63) is 119 Å². The highest BCUT2D eigenvalue weighted by Gasteiger charge is 2.28. The Hall–Kier alpha value is -5.34. The Labute approximate surface area is 371 Å². The van der Waals surface area contributed by atoms with Crippen molar-refractivity contribution in [3.63, 3.8) is 0 Å². The average molecular weight is 925 g/mol. The van der Waals surface area contributed by atoms with Crippen LogP contribution in [0.1, 0.15) is 55.5 Å². The molecular weight excluding hydrogens is 873 g/mol. The van der Waals surface area contributed by atoms with E-state index in [1.165, 1.54) is 29.8 Å². The number of carbonyl (C=O) groups excluding carboxylic acids is 2. The number of nitrogens with zero attached hydrogens (tertiary/aromatic N) is 4. The number of aromatic nitrogens is 4. The number of methoxy groups -OCH3 is 1. The first-order valence-electron chi connectivity index (χ1n) is 19.8. The van der Waals surface area contributed by atoms with Crippen molar-refractivity contribution < 1.29 is 40.6 Å². The lowest BCUT2D eigenvalue weighted by Crippen LogP contribution is -2.31. The van der Waals surface area contributed by atoms with Gasteiger partial charge in [0.25, 0.3) is 20.0 Å². The summed E-state index contributed by atoms with van der Waals surface area (Å²) >= 11 is 2.36. The fourth-order valence-electron chi connectivity index (χ4n) is 6.14. The third-order valence-corrected chi connectivity index (χ3v) is 14.8. The maximum atomic E-state index is 13.0. The predicted octanol–water partition coefficient (Wildman–Crippen LogP) is 8.21. The maximum Gasteiger partial charge on any atom is 0.421 e. The number of thiophene rings is 2. The summed E-state index contributed by atoms with van der Waals surface area (Å²) in [7, 11) is -6.68. The SMILES string of the molecule is CCOC(=O)NS(=O)(=O)c1sc(CC(C)C)cc1-c1ccc(Cn2ccnc2)cc1.COCCOC(=O)NS(=O)(=O)c1sc(CC(C)C)cc1-c1ccc(Cn2ccnc2)cc1. The first kappa shape index (κ1) is 47.7. The summed E-state index contributed by atoms with van der Waals surface area (Å²) in [6.07, 6.45) is 10.2. The number of hydrogen-bond donors (Lipinski definition) is 2. The summed E-state index contributed by atoms with van der Waals surface area (Å²) in [4.78, 5) is 33.7. The predicted molar refractivity (Wildman–Crippen MR) is 240 cm³/mol. The Morgan fingerprint density at radius 1 is 0.661 bits per heavy atom. The van der Waals surface area contributed by atoms with Crippen LogP contribution in [-0.2, 0) is 60.2 Å². The van der Waals surface area contributed by atoms with Crippen molar-refractivity contribution in [2.45, 2.75) is 69.0 Å². The molecule has 0 unspecified atom stereocenters. The van der Waals surface area contributed by atoms with Gasteiger partial charge in [0.15, 0.2) is 0 Å². The minimum Gasteiger partial charge on any atom is -0.449 e. The molecule has 2 amide bonds. The van der Waals surface area contributed by atoms with Crippen LogP contribution in [0, 0.1) is 11.8 Å². The molecule has 4 heterocycles. The van der Waals surface area contributed by atoms with E-state index in [1.54, 1.807) is 32.0 Å². The van der Waals surface area contributed by atoms with E-state index in [-0.39, 0.29) is 28.2 Å². The zero-order valence-corrected chi connectivity index (χ0v) is 38.7. The van der Waals surface area contributed by atoms with Crippen LogP contribution in [0.2, 0.25) is 0 Å². The summed E-state index contributed by atoms with van der Waals surface area (Å²) in [6.45, 7) is 11.5. The van der Waals surface area contributed by atoms with Crippen LogP contribution in [0.15, 0.2) is 107 Å². The minimum absolute atomic E-state index is 0.0356. The number of ether oxygens (including phenoxy) is 3. The lowest BCUT2D eigenvalue weighted by molar-refractivity contribution is 0.102. The van der Waals surface area contributed by atoms with Crippen molar-refractivity contribution in [2.75, 3.05) is 26.9 Å². The van der Waals surface area contributed by atoms with E-state index in [2.05, 4.69) is 37.7 Å². The number of sulfonamides is 2. The van der Waals surface area contributed by atoms with Gasteiger partial charge in [0.05, 0.1) is 25.9 Å². The maximum absolute atomic E-state index is 13.0. The van der Waals surface area contributed by atoms with E-state index in [0.717, 1.165) is 44.8 Å². The third kappa shape index (κ3) is 13.8. The standard InChI is InChI=1S/C22H27N3O5S2.C21H25N3O4S2/c1-16(2)12-19-13-20(18-6-4-17(5-7-18)14-25-9-8-23-15-25)21(31-19)32(27,28)24-22(26)30-11-10-29-3;1-4-28-21(25)23-30(26,27)20-19(12-18(29-20)11-15(2)3)17-7-5-16(6-8-17)13-24-10-9-22-14-24/h4-9,13,15-16H,10-12,14H2,1-3H3,(H,24,26);5-10,12,14-15H,4,11,13H2,1-3H3,(H,23,25). The molecule has 0 bridgehead atoms. The van der Waals surface area contributed by atoms with E-state index in [9.17, 15) is 26.4 Å². The molecule has 0 saturated carbocycles. The Morgan fingerprint density at radius 2 is 1.08 bits per heavy atom. The molecule has 0 saturated heterocycles. The van der Waals surface area contributed by atoms with E-state index < -0.39 is 32.2 Å². The Morgan fingerprint density at radius 3 is 1.44 bits per heavy atom. The quantitative estimate of drug-likeness (QED) is 0.0791. The van der Waals surface area contributed by atoms with Crippen molar-refractivity contribution >= 4 is 54.9 Å². The van der Waals surface area contributed by atoms with Crippen molar-refractivity contribution in [1.82, 2.24) is 28.5 Å². The first-order chi connectivity index (χ1) is 29.6. The highest BCUT2D eigenvalue weighted by atomic mass is 32.3. The number of carbonyl (C=O) groups is 2. The van der Waals surface area contributed by atoms with Crippen molar-refractivity contribution in [2.24, 2.45) is 11.8 Å². The first-order valence-corrected chi connectivity index (χ1v) is 24.4. The van der Waals surface area contributed by atoms with E-state index in [4.69, 9.17) is 14.2 Å². The van der Waals surface area contributed by atoms with Gasteiger partial charge in [-0.3, -0.25) is 0 Å². The summed E-state index contributed by atoms with van der Waals surface area (Å²) < 4.78 is 74.3. The summed E-state index contributed by atoms with van der Waals surface area (Å²) in [5.74, 6) is 0.740. The normalized spacial score (nSPS) is 11.6. The van der Waals surface area contributed by atoms with Gasteiger partial charge in [-0.1, -0.05) is 76.2 Å². The van der Waals surface area contributed by atoms with Crippen LogP contribution in [-0.4, -0.2) is 75.1 Å². The molecule has 6 rings (SSSR count). The fraction of sp³-hybridized carbons (Fsp3) is 0.349. The van der Waals surface area contributed by atoms with Crippen LogP contribution in [0.3, 0.4) is 0 Å². The second kappa shape index (κ2) is 22.1. The summed E-state index contributed by atoms with van der Waals surface area (Å²) in [6, 6.07) is 19.2.